The second-order valence-electron chi connectivity index (χ2n) is 6.37. The van der Waals surface area contributed by atoms with Gasteiger partial charge in [0.2, 0.25) is 0 Å². The number of aromatic nitrogens is 2. The molecule has 0 unspecified atom stereocenters. The van der Waals surface area contributed by atoms with Crippen LogP contribution in [0.2, 0.25) is 5.02 Å². The third-order valence-electron chi connectivity index (χ3n) is 4.27. The normalized spacial score (nSPS) is 11.3. The van der Waals surface area contributed by atoms with Gasteiger partial charge in [-0.25, -0.2) is 4.98 Å². The molecule has 6 heteroatoms. The lowest BCUT2D eigenvalue weighted by Crippen LogP contribution is -2.25. The highest BCUT2D eigenvalue weighted by molar-refractivity contribution is 6.30. The summed E-state index contributed by atoms with van der Waals surface area (Å²) in [4.78, 5) is 19.3. The minimum Gasteiger partial charge on any atom is -0.468 e. The number of furan rings is 1. The maximum atomic E-state index is 12.4. The minimum absolute atomic E-state index is 0.143. The summed E-state index contributed by atoms with van der Waals surface area (Å²) in [6.07, 6.45) is 3.25. The zero-order valence-electron chi connectivity index (χ0n) is 14.6. The van der Waals surface area contributed by atoms with Gasteiger partial charge in [-0.2, -0.15) is 0 Å². The number of hydrogen-bond donors (Lipinski definition) is 0. The molecule has 1 aromatic carbocycles. The Kier molecular flexibility index (Phi) is 5.05. The fraction of sp³-hybridized carbons (Fsp3) is 0.143. The van der Waals surface area contributed by atoms with Crippen LogP contribution in [0.3, 0.4) is 0 Å². The first-order valence-electron chi connectivity index (χ1n) is 8.64. The second-order valence-corrected chi connectivity index (χ2v) is 6.81. The van der Waals surface area contributed by atoms with Crippen LogP contribution in [0, 0.1) is 0 Å². The van der Waals surface area contributed by atoms with Crippen LogP contribution in [0.25, 0.3) is 5.65 Å². The van der Waals surface area contributed by atoms with E-state index in [9.17, 15) is 4.79 Å². The number of fused-ring (bicyclic) bond motifs is 1. The standard InChI is InChI=1S/C21H18ClN3O2/c22-17-8-9-20-23-18(11-21(26)25(20)13-17)14-24(15-19-7-4-10-27-19)12-16-5-2-1-3-6-16/h1-11,13H,12,14-15H2. The number of benzene rings is 1. The Labute approximate surface area is 161 Å². The average Bonchev–Trinajstić information content (AvgIpc) is 3.16. The van der Waals surface area contributed by atoms with Crippen molar-refractivity contribution in [2.75, 3.05) is 0 Å². The zero-order valence-corrected chi connectivity index (χ0v) is 15.3. The Bertz CT molecular complexity index is 1090. The minimum atomic E-state index is -0.143. The molecule has 0 amide bonds. The van der Waals surface area contributed by atoms with Gasteiger partial charge in [0, 0.05) is 25.4 Å². The van der Waals surface area contributed by atoms with E-state index in [-0.39, 0.29) is 5.56 Å². The number of rotatable bonds is 6. The molecule has 4 rings (SSSR count). The highest BCUT2D eigenvalue weighted by Crippen LogP contribution is 2.14. The van der Waals surface area contributed by atoms with Crippen molar-refractivity contribution >= 4 is 17.2 Å². The molecule has 27 heavy (non-hydrogen) atoms. The highest BCUT2D eigenvalue weighted by atomic mass is 35.5. The van der Waals surface area contributed by atoms with Crippen molar-refractivity contribution in [2.24, 2.45) is 0 Å². The molecule has 0 saturated carbocycles. The van der Waals surface area contributed by atoms with Gasteiger partial charge < -0.3 is 4.42 Å². The highest BCUT2D eigenvalue weighted by Gasteiger charge is 2.12. The van der Waals surface area contributed by atoms with Crippen LogP contribution in [0.1, 0.15) is 17.0 Å². The summed E-state index contributed by atoms with van der Waals surface area (Å²) in [5, 5.41) is 0.502. The Balaban J connectivity index is 1.63. The van der Waals surface area contributed by atoms with Crippen molar-refractivity contribution < 1.29 is 4.42 Å². The monoisotopic (exact) mass is 379 g/mol. The molecule has 0 bridgehead atoms. The molecule has 0 atom stereocenters. The summed E-state index contributed by atoms with van der Waals surface area (Å²) >= 11 is 5.98. The maximum absolute atomic E-state index is 12.4. The largest absolute Gasteiger partial charge is 0.468 e. The van der Waals surface area contributed by atoms with Crippen molar-refractivity contribution in [1.29, 1.82) is 0 Å². The van der Waals surface area contributed by atoms with E-state index in [4.69, 9.17) is 16.0 Å². The molecule has 5 nitrogen and oxygen atoms in total. The van der Waals surface area contributed by atoms with E-state index in [1.165, 1.54) is 9.96 Å². The summed E-state index contributed by atoms with van der Waals surface area (Å²) in [5.41, 5.74) is 2.34. The van der Waals surface area contributed by atoms with Crippen LogP contribution < -0.4 is 5.56 Å². The number of halogens is 1. The van der Waals surface area contributed by atoms with Gasteiger partial charge in [0.05, 0.1) is 23.5 Å². The van der Waals surface area contributed by atoms with Gasteiger partial charge in [0.15, 0.2) is 0 Å². The smallest absolute Gasteiger partial charge is 0.258 e. The molecule has 0 fully saturated rings. The Morgan fingerprint density at radius 2 is 1.85 bits per heavy atom. The molecule has 0 aliphatic carbocycles. The van der Waals surface area contributed by atoms with E-state index < -0.39 is 0 Å². The van der Waals surface area contributed by atoms with E-state index in [0.717, 1.165) is 12.3 Å². The van der Waals surface area contributed by atoms with E-state index >= 15 is 0 Å². The van der Waals surface area contributed by atoms with Gasteiger partial charge in [0.25, 0.3) is 5.56 Å². The van der Waals surface area contributed by atoms with Gasteiger partial charge >= 0.3 is 0 Å². The number of pyridine rings is 1. The van der Waals surface area contributed by atoms with Crippen molar-refractivity contribution in [1.82, 2.24) is 14.3 Å². The van der Waals surface area contributed by atoms with E-state index in [1.54, 1.807) is 30.7 Å². The summed E-state index contributed by atoms with van der Waals surface area (Å²) in [7, 11) is 0. The summed E-state index contributed by atoms with van der Waals surface area (Å²) in [6.45, 7) is 1.89. The summed E-state index contributed by atoms with van der Waals surface area (Å²) < 4.78 is 6.96. The quantitative estimate of drug-likeness (QED) is 0.505. The van der Waals surface area contributed by atoms with Gasteiger partial charge in [0.1, 0.15) is 11.4 Å². The molecule has 0 spiro atoms. The molecule has 4 aromatic rings. The third-order valence-corrected chi connectivity index (χ3v) is 4.49. The van der Waals surface area contributed by atoms with Crippen LogP contribution in [-0.4, -0.2) is 14.3 Å². The zero-order chi connectivity index (χ0) is 18.6. The molecular formula is C21H18ClN3O2. The fourth-order valence-electron chi connectivity index (χ4n) is 3.07. The Morgan fingerprint density at radius 3 is 2.63 bits per heavy atom. The molecule has 3 aromatic heterocycles. The number of hydrogen-bond acceptors (Lipinski definition) is 4. The Morgan fingerprint density at radius 1 is 1.00 bits per heavy atom. The van der Waals surface area contributed by atoms with Crippen LogP contribution in [0.4, 0.5) is 0 Å². The van der Waals surface area contributed by atoms with Crippen molar-refractivity contribution in [3.63, 3.8) is 0 Å². The van der Waals surface area contributed by atoms with Crippen LogP contribution in [0.15, 0.2) is 82.3 Å². The maximum Gasteiger partial charge on any atom is 0.258 e. The van der Waals surface area contributed by atoms with Crippen molar-refractivity contribution in [3.05, 3.63) is 106 Å². The molecule has 0 saturated heterocycles. The lowest BCUT2D eigenvalue weighted by molar-refractivity contribution is 0.224. The van der Waals surface area contributed by atoms with Crippen molar-refractivity contribution in [2.45, 2.75) is 19.6 Å². The first-order chi connectivity index (χ1) is 13.2. The molecule has 0 aliphatic heterocycles. The average molecular weight is 380 g/mol. The van der Waals surface area contributed by atoms with Crippen LogP contribution in [0.5, 0.6) is 0 Å². The van der Waals surface area contributed by atoms with Gasteiger partial charge in [-0.3, -0.25) is 14.1 Å². The predicted molar refractivity (Wildman–Crippen MR) is 105 cm³/mol. The number of nitrogens with zero attached hydrogens (tertiary/aromatic N) is 3. The van der Waals surface area contributed by atoms with Gasteiger partial charge in [-0.1, -0.05) is 41.9 Å². The lowest BCUT2D eigenvalue weighted by atomic mass is 10.2. The first kappa shape index (κ1) is 17.5. The second kappa shape index (κ2) is 7.78. The summed E-state index contributed by atoms with van der Waals surface area (Å²) in [6, 6.07) is 19.1. The lowest BCUT2D eigenvalue weighted by Gasteiger charge is -2.21. The first-order valence-corrected chi connectivity index (χ1v) is 9.02. The Hall–Kier alpha value is -2.89. The predicted octanol–water partition coefficient (Wildman–Crippen LogP) is 4.14. The molecule has 0 radical (unpaired) electrons. The topological polar surface area (TPSA) is 50.8 Å². The summed E-state index contributed by atoms with van der Waals surface area (Å²) in [5.74, 6) is 0.871. The van der Waals surface area contributed by atoms with E-state index in [2.05, 4.69) is 22.0 Å². The van der Waals surface area contributed by atoms with Gasteiger partial charge in [-0.05, 0) is 29.8 Å². The molecule has 136 valence electrons. The molecular weight excluding hydrogens is 362 g/mol. The molecule has 0 N–H and O–H groups in total. The van der Waals surface area contributed by atoms with Crippen molar-refractivity contribution in [3.8, 4) is 0 Å². The molecule has 3 heterocycles. The fourth-order valence-corrected chi connectivity index (χ4v) is 3.23. The van der Waals surface area contributed by atoms with Crippen LogP contribution >= 0.6 is 11.6 Å². The third kappa shape index (κ3) is 4.27. The van der Waals surface area contributed by atoms with Gasteiger partial charge in [-0.15, -0.1) is 0 Å². The van der Waals surface area contributed by atoms with E-state index in [1.807, 2.05) is 30.3 Å². The SMILES string of the molecule is O=c1cc(CN(Cc2ccccc2)Cc2ccco2)nc2ccc(Cl)cn12. The van der Waals surface area contributed by atoms with Crippen LogP contribution in [-0.2, 0) is 19.6 Å². The van der Waals surface area contributed by atoms with E-state index in [0.29, 0.717) is 29.5 Å². The molecule has 0 aliphatic rings.